The molecular weight excluding hydrogens is 592 g/mol. The maximum atomic E-state index is 15.6. The van der Waals surface area contributed by atoms with Crippen molar-refractivity contribution in [3.05, 3.63) is 60.1 Å². The Kier molecular flexibility index (Phi) is 8.09. The van der Waals surface area contributed by atoms with Gasteiger partial charge in [0.05, 0.1) is 16.9 Å². The first kappa shape index (κ1) is 31.0. The number of aryl methyl sites for hydroxylation is 1. The number of aromatic nitrogens is 1. The molecule has 0 saturated carbocycles. The molecule has 4 atom stereocenters. The van der Waals surface area contributed by atoms with Gasteiger partial charge in [-0.2, -0.15) is 13.2 Å². The highest BCUT2D eigenvalue weighted by Crippen LogP contribution is 2.41. The fourth-order valence-corrected chi connectivity index (χ4v) is 7.49. The number of piperidine rings is 1. The van der Waals surface area contributed by atoms with E-state index in [1.807, 2.05) is 9.80 Å². The Morgan fingerprint density at radius 2 is 1.82 bits per heavy atom. The molecule has 1 aromatic carbocycles. The minimum atomic E-state index is -4.66. The zero-order chi connectivity index (χ0) is 32.2. The lowest BCUT2D eigenvalue weighted by molar-refractivity contribution is -0.137. The molecule has 3 saturated heterocycles. The van der Waals surface area contributed by atoms with Gasteiger partial charge in [-0.3, -0.25) is 19.3 Å². The molecule has 0 radical (unpaired) electrons. The number of carbonyl (C=O) groups excluding carboxylic acids is 3. The van der Waals surface area contributed by atoms with Crippen molar-refractivity contribution < 1.29 is 31.9 Å². The summed E-state index contributed by atoms with van der Waals surface area (Å²) in [6.45, 7) is 9.17. The van der Waals surface area contributed by atoms with Crippen molar-refractivity contribution in [1.82, 2.24) is 14.8 Å². The van der Waals surface area contributed by atoms with Gasteiger partial charge in [-0.1, -0.05) is 12.6 Å². The Balaban J connectivity index is 1.28. The summed E-state index contributed by atoms with van der Waals surface area (Å²) in [5.74, 6) is -1.68. The number of carbonyl (C=O) groups is 3. The molecule has 0 bridgehead atoms. The van der Waals surface area contributed by atoms with Crippen LogP contribution in [0.15, 0.2) is 43.0 Å². The number of halogens is 4. The molecule has 0 aliphatic carbocycles. The average molecular weight is 629 g/mol. The molecule has 0 unspecified atom stereocenters. The summed E-state index contributed by atoms with van der Waals surface area (Å²) in [6.07, 6.45) is -2.48. The van der Waals surface area contributed by atoms with Crippen LogP contribution in [0.4, 0.5) is 34.8 Å². The second-order valence-corrected chi connectivity index (χ2v) is 12.5. The highest BCUT2D eigenvalue weighted by Gasteiger charge is 2.49. The molecule has 3 fully saturated rings. The number of likely N-dealkylation sites (N-methyl/N-ethyl adjacent to an activating group) is 1. The standard InChI is InChI=1S/C32H36F4N6O3/c1-4-27(43)41-16-20-8-9-39(15-22(20)18-41)10-11-40-17-21-13-28(44)42(26-14-23(32(34,35)36)12-19(2)37-26)29(21)31(45)38(3)25-7-5-6-24(33)30(25)40/h4-7,12,14,20-22,29H,1,8-11,13,15-18H2,2-3H3/t20-,21-,22+,29+/m1/s1. The zero-order valence-electron chi connectivity index (χ0n) is 25.3. The summed E-state index contributed by atoms with van der Waals surface area (Å²) in [5.41, 5.74) is -0.312. The third-order valence-corrected chi connectivity index (χ3v) is 9.68. The molecule has 4 aliphatic rings. The molecular formula is C32H36F4N6O3. The van der Waals surface area contributed by atoms with E-state index in [4.69, 9.17) is 0 Å². The van der Waals surface area contributed by atoms with Crippen LogP contribution in [-0.4, -0.2) is 91.4 Å². The monoisotopic (exact) mass is 628 g/mol. The highest BCUT2D eigenvalue weighted by atomic mass is 19.4. The Hall–Kier alpha value is -4.00. The predicted molar refractivity (Wildman–Crippen MR) is 160 cm³/mol. The van der Waals surface area contributed by atoms with E-state index >= 15 is 4.39 Å². The predicted octanol–water partition coefficient (Wildman–Crippen LogP) is 3.72. The van der Waals surface area contributed by atoms with E-state index in [0.717, 1.165) is 43.1 Å². The number of anilines is 3. The van der Waals surface area contributed by atoms with E-state index in [9.17, 15) is 27.6 Å². The summed E-state index contributed by atoms with van der Waals surface area (Å²) in [7, 11) is 1.49. The minimum Gasteiger partial charge on any atom is -0.366 e. The number of para-hydroxylation sites is 1. The number of hydrogen-bond donors (Lipinski definition) is 0. The summed E-state index contributed by atoms with van der Waals surface area (Å²) in [5, 5.41) is 0. The first-order valence-electron chi connectivity index (χ1n) is 15.2. The number of benzene rings is 1. The number of nitrogens with zero attached hydrogens (tertiary/aromatic N) is 6. The zero-order valence-corrected chi connectivity index (χ0v) is 25.3. The molecule has 5 heterocycles. The molecule has 6 rings (SSSR count). The summed E-state index contributed by atoms with van der Waals surface area (Å²) in [6, 6.07) is 5.07. The molecule has 0 N–H and O–H groups in total. The molecule has 13 heteroatoms. The average Bonchev–Trinajstić information content (AvgIpc) is 3.56. The van der Waals surface area contributed by atoms with Crippen LogP contribution in [0.1, 0.15) is 24.1 Å². The topological polar surface area (TPSA) is 80.3 Å². The van der Waals surface area contributed by atoms with E-state index in [1.165, 1.54) is 37.1 Å². The molecule has 4 aliphatic heterocycles. The molecule has 9 nitrogen and oxygen atoms in total. The van der Waals surface area contributed by atoms with Crippen molar-refractivity contribution >= 4 is 34.9 Å². The largest absolute Gasteiger partial charge is 0.416 e. The quantitative estimate of drug-likeness (QED) is 0.371. The molecule has 2 aromatic rings. The Labute approximate surface area is 259 Å². The lowest BCUT2D eigenvalue weighted by Gasteiger charge is -2.40. The van der Waals surface area contributed by atoms with Crippen LogP contribution in [-0.2, 0) is 20.6 Å². The number of amides is 3. The smallest absolute Gasteiger partial charge is 0.366 e. The summed E-state index contributed by atoms with van der Waals surface area (Å²) < 4.78 is 56.6. The third-order valence-electron chi connectivity index (χ3n) is 9.68. The van der Waals surface area contributed by atoms with Crippen molar-refractivity contribution in [2.45, 2.75) is 32.0 Å². The number of pyridine rings is 1. The van der Waals surface area contributed by atoms with Crippen molar-refractivity contribution in [1.29, 1.82) is 0 Å². The van der Waals surface area contributed by atoms with Gasteiger partial charge in [-0.05, 0) is 62.1 Å². The Morgan fingerprint density at radius 3 is 2.56 bits per heavy atom. The van der Waals surface area contributed by atoms with Gasteiger partial charge in [0.15, 0.2) is 0 Å². The van der Waals surface area contributed by atoms with Crippen molar-refractivity contribution in [3.8, 4) is 0 Å². The van der Waals surface area contributed by atoms with E-state index in [1.54, 1.807) is 6.07 Å². The minimum absolute atomic E-state index is 0.0625. The maximum Gasteiger partial charge on any atom is 0.416 e. The Morgan fingerprint density at radius 1 is 1.07 bits per heavy atom. The van der Waals surface area contributed by atoms with Gasteiger partial charge in [0.1, 0.15) is 17.7 Å². The lowest BCUT2D eigenvalue weighted by Crippen LogP contribution is -2.53. The van der Waals surface area contributed by atoms with E-state index in [2.05, 4.69) is 16.5 Å². The second-order valence-electron chi connectivity index (χ2n) is 12.5. The second kappa shape index (κ2) is 11.7. The first-order valence-corrected chi connectivity index (χ1v) is 15.2. The summed E-state index contributed by atoms with van der Waals surface area (Å²) in [4.78, 5) is 52.2. The van der Waals surface area contributed by atoms with Crippen molar-refractivity contribution in [2.24, 2.45) is 17.8 Å². The normalized spacial score (nSPS) is 25.6. The van der Waals surface area contributed by atoms with Gasteiger partial charge >= 0.3 is 6.18 Å². The number of alkyl halides is 3. The number of fused-ring (bicyclic) bond motifs is 3. The van der Waals surface area contributed by atoms with Crippen LogP contribution in [0.25, 0.3) is 0 Å². The molecule has 45 heavy (non-hydrogen) atoms. The van der Waals surface area contributed by atoms with Gasteiger partial charge in [0.25, 0.3) is 0 Å². The number of likely N-dealkylation sites (tertiary alicyclic amines) is 2. The number of hydrogen-bond acceptors (Lipinski definition) is 6. The van der Waals surface area contributed by atoms with Crippen LogP contribution in [0.3, 0.4) is 0 Å². The van der Waals surface area contributed by atoms with E-state index in [-0.39, 0.29) is 36.1 Å². The van der Waals surface area contributed by atoms with Crippen LogP contribution in [0.5, 0.6) is 0 Å². The van der Waals surface area contributed by atoms with Crippen LogP contribution >= 0.6 is 0 Å². The van der Waals surface area contributed by atoms with Crippen LogP contribution in [0, 0.1) is 30.5 Å². The fourth-order valence-electron chi connectivity index (χ4n) is 7.49. The van der Waals surface area contributed by atoms with Gasteiger partial charge in [0.2, 0.25) is 17.7 Å². The van der Waals surface area contributed by atoms with Crippen LogP contribution < -0.4 is 14.7 Å². The SMILES string of the molecule is C=CC(=O)N1C[C@H]2CCN(CCN3C[C@H]4CC(=O)N(c5cc(C(F)(F)F)cc(C)n5)[C@@H]4C(=O)N(C)c4cccc(F)c43)C[C@H]2C1. The molecule has 0 spiro atoms. The molecule has 1 aromatic heterocycles. The first-order chi connectivity index (χ1) is 21.3. The van der Waals surface area contributed by atoms with E-state index < -0.39 is 41.3 Å². The van der Waals surface area contributed by atoms with Gasteiger partial charge in [0, 0.05) is 64.3 Å². The van der Waals surface area contributed by atoms with Gasteiger partial charge in [-0.25, -0.2) is 9.37 Å². The van der Waals surface area contributed by atoms with Crippen LogP contribution in [0.2, 0.25) is 0 Å². The maximum absolute atomic E-state index is 15.6. The van der Waals surface area contributed by atoms with E-state index in [0.29, 0.717) is 37.2 Å². The third kappa shape index (κ3) is 5.78. The van der Waals surface area contributed by atoms with Crippen molar-refractivity contribution in [2.75, 3.05) is 67.6 Å². The fraction of sp³-hybridized carbons (Fsp3) is 0.500. The molecule has 240 valence electrons. The Bertz CT molecular complexity index is 1530. The van der Waals surface area contributed by atoms with Gasteiger partial charge in [-0.15, -0.1) is 0 Å². The lowest BCUT2D eigenvalue weighted by atomic mass is 9.89. The molecule has 3 amide bonds. The highest BCUT2D eigenvalue weighted by molar-refractivity contribution is 6.10. The van der Waals surface area contributed by atoms with Gasteiger partial charge < -0.3 is 19.6 Å². The number of rotatable bonds is 5. The van der Waals surface area contributed by atoms with Crippen molar-refractivity contribution in [3.63, 3.8) is 0 Å². The summed E-state index contributed by atoms with van der Waals surface area (Å²) >= 11 is 0.